The molecule has 5 amide bonds. The molecule has 1 saturated heterocycles. The molecule has 6 rings (SSSR count). The fourth-order valence-corrected chi connectivity index (χ4v) is 5.63. The first-order valence-corrected chi connectivity index (χ1v) is 15.5. The van der Waals surface area contributed by atoms with Gasteiger partial charge in [0.1, 0.15) is 29.9 Å². The lowest BCUT2D eigenvalue weighted by atomic mass is 10.0. The number of nitrogens with zero attached hydrogens (tertiary/aromatic N) is 3. The highest BCUT2D eigenvalue weighted by molar-refractivity contribution is 5.96. The van der Waals surface area contributed by atoms with Crippen molar-refractivity contribution < 1.29 is 28.7 Å². The van der Waals surface area contributed by atoms with Crippen LogP contribution >= 0.6 is 0 Å². The fourth-order valence-electron chi connectivity index (χ4n) is 5.63. The number of amides is 5. The van der Waals surface area contributed by atoms with Crippen LogP contribution in [0.3, 0.4) is 0 Å². The second kappa shape index (κ2) is 15.2. The van der Waals surface area contributed by atoms with Gasteiger partial charge in [-0.3, -0.25) is 24.0 Å². The molecule has 13 heteroatoms. The van der Waals surface area contributed by atoms with E-state index in [1.807, 2.05) is 34.9 Å². The summed E-state index contributed by atoms with van der Waals surface area (Å²) in [4.78, 5) is 72.3. The van der Waals surface area contributed by atoms with Gasteiger partial charge < -0.3 is 35.5 Å². The van der Waals surface area contributed by atoms with Crippen LogP contribution in [0.25, 0.3) is 0 Å². The minimum absolute atomic E-state index is 0.177. The van der Waals surface area contributed by atoms with Gasteiger partial charge >= 0.3 is 0 Å². The predicted molar refractivity (Wildman–Crippen MR) is 167 cm³/mol. The second-order valence-corrected chi connectivity index (χ2v) is 11.5. The number of rotatable bonds is 6. The van der Waals surface area contributed by atoms with E-state index >= 15 is 0 Å². The smallest absolute Gasteiger partial charge is 0.258 e. The van der Waals surface area contributed by atoms with Gasteiger partial charge in [-0.05, 0) is 43.0 Å². The summed E-state index contributed by atoms with van der Waals surface area (Å²) in [5, 5.41) is 11.2. The Labute approximate surface area is 267 Å². The van der Waals surface area contributed by atoms with E-state index in [2.05, 4.69) is 26.3 Å². The van der Waals surface area contributed by atoms with Crippen molar-refractivity contribution in [3.63, 3.8) is 0 Å². The molecular formula is C33H39N7O6. The molecule has 1 fully saturated rings. The topological polar surface area (TPSA) is 164 Å². The van der Waals surface area contributed by atoms with Crippen molar-refractivity contribution in [2.75, 3.05) is 19.7 Å². The normalized spacial score (nSPS) is 22.8. The molecule has 46 heavy (non-hydrogen) atoms. The Balaban J connectivity index is 1.35. The molecule has 4 N–H and O–H groups in total. The van der Waals surface area contributed by atoms with Gasteiger partial charge in [0.15, 0.2) is 6.61 Å². The van der Waals surface area contributed by atoms with Crippen LogP contribution in [0.2, 0.25) is 0 Å². The first-order chi connectivity index (χ1) is 22.3. The van der Waals surface area contributed by atoms with E-state index in [4.69, 9.17) is 4.74 Å². The Bertz CT molecular complexity index is 1510. The maximum Gasteiger partial charge on any atom is 0.258 e. The summed E-state index contributed by atoms with van der Waals surface area (Å²) in [6.07, 6.45) is 6.49. The monoisotopic (exact) mass is 629 g/mol. The summed E-state index contributed by atoms with van der Waals surface area (Å²) in [5.41, 5.74) is 1.60. The van der Waals surface area contributed by atoms with Crippen LogP contribution in [0.5, 0.6) is 5.75 Å². The number of nitrogens with one attached hydrogen (secondary N) is 4. The average molecular weight is 630 g/mol. The van der Waals surface area contributed by atoms with Crippen molar-refractivity contribution in [3.8, 4) is 5.75 Å². The lowest BCUT2D eigenvalue weighted by molar-refractivity contribution is -0.142. The van der Waals surface area contributed by atoms with Crippen LogP contribution in [0.1, 0.15) is 30.9 Å². The third-order valence-corrected chi connectivity index (χ3v) is 8.10. The summed E-state index contributed by atoms with van der Waals surface area (Å²) < 4.78 is 7.53. The zero-order valence-corrected chi connectivity index (χ0v) is 25.7. The number of imidazole rings is 1. The van der Waals surface area contributed by atoms with Gasteiger partial charge in [0.2, 0.25) is 23.6 Å². The van der Waals surface area contributed by atoms with Crippen LogP contribution < -0.4 is 26.0 Å². The van der Waals surface area contributed by atoms with Gasteiger partial charge in [0.25, 0.3) is 5.91 Å². The molecule has 2 aromatic carbocycles. The lowest BCUT2D eigenvalue weighted by Gasteiger charge is -2.29. The van der Waals surface area contributed by atoms with Gasteiger partial charge in [0.05, 0.1) is 6.33 Å². The summed E-state index contributed by atoms with van der Waals surface area (Å²) in [6, 6.07) is 12.5. The van der Waals surface area contributed by atoms with E-state index < -0.39 is 41.9 Å². The van der Waals surface area contributed by atoms with E-state index in [0.717, 1.165) is 11.1 Å². The van der Waals surface area contributed by atoms with E-state index in [-0.39, 0.29) is 31.3 Å². The Hall–Kier alpha value is -5.20. The number of carbonyl (C=O) groups excluding carboxylic acids is 5. The number of fused-ring (bicyclic) bond motifs is 13. The van der Waals surface area contributed by atoms with E-state index in [1.165, 1.54) is 11.8 Å². The number of aromatic nitrogens is 2. The molecule has 0 radical (unpaired) electrons. The maximum absolute atomic E-state index is 13.8. The SMILES string of the molecule is C[C@@H]1NC(=O)[C@H]2CCCN2C(=O)[C@@H](Cc2ccccc2)NC(=O)COc2ccc(cc2)C[C@@H](C(=O)NCCn2ccnc2)NC1=O. The minimum Gasteiger partial charge on any atom is -0.484 e. The maximum atomic E-state index is 13.8. The lowest BCUT2D eigenvalue weighted by Crippen LogP contribution is -2.58. The molecule has 1 aromatic heterocycles. The molecule has 0 saturated carbocycles. The minimum atomic E-state index is -0.982. The van der Waals surface area contributed by atoms with Gasteiger partial charge in [-0.1, -0.05) is 42.5 Å². The molecule has 4 atom stereocenters. The highest BCUT2D eigenvalue weighted by atomic mass is 16.5. The fraction of sp³-hybridized carbons (Fsp3) is 0.394. The molecule has 0 aliphatic carbocycles. The number of benzene rings is 2. The van der Waals surface area contributed by atoms with Crippen LogP contribution in [-0.2, 0) is 43.4 Å². The third kappa shape index (κ3) is 8.49. The first kappa shape index (κ1) is 32.2. The predicted octanol–water partition coefficient (Wildman–Crippen LogP) is 0.342. The number of ether oxygens (including phenoxy) is 1. The van der Waals surface area contributed by atoms with Crippen molar-refractivity contribution in [1.82, 2.24) is 35.7 Å². The summed E-state index contributed by atoms with van der Waals surface area (Å²) >= 11 is 0. The Kier molecular flexibility index (Phi) is 10.6. The molecular weight excluding hydrogens is 590 g/mol. The quantitative estimate of drug-likeness (QED) is 0.306. The van der Waals surface area contributed by atoms with Crippen molar-refractivity contribution in [3.05, 3.63) is 84.4 Å². The zero-order chi connectivity index (χ0) is 32.5. The Morgan fingerprint density at radius 3 is 2.52 bits per heavy atom. The van der Waals surface area contributed by atoms with Crippen LogP contribution in [-0.4, -0.2) is 87.9 Å². The molecule has 3 aliphatic heterocycles. The average Bonchev–Trinajstić information content (AvgIpc) is 3.76. The highest BCUT2D eigenvalue weighted by Gasteiger charge is 2.38. The summed E-state index contributed by atoms with van der Waals surface area (Å²) in [6.45, 7) is 2.37. The first-order valence-electron chi connectivity index (χ1n) is 15.5. The summed E-state index contributed by atoms with van der Waals surface area (Å²) in [7, 11) is 0. The molecule has 3 aromatic rings. The van der Waals surface area contributed by atoms with E-state index in [1.54, 1.807) is 43.0 Å². The number of hydrogen-bond acceptors (Lipinski definition) is 7. The molecule has 0 spiro atoms. The largest absolute Gasteiger partial charge is 0.484 e. The van der Waals surface area contributed by atoms with Crippen molar-refractivity contribution in [2.24, 2.45) is 0 Å². The highest BCUT2D eigenvalue weighted by Crippen LogP contribution is 2.20. The molecule has 3 aliphatic rings. The third-order valence-electron chi connectivity index (χ3n) is 8.10. The standard InChI is InChI=1S/C33H39N7O6/c1-22-30(42)38-26(31(43)35-14-17-39-16-13-34-21-39)18-24-9-11-25(12-10-24)46-20-29(41)37-27(19-23-6-3-2-4-7-23)33(45)40-15-5-8-28(40)32(44)36-22/h2-4,6-7,9-13,16,21-22,26-28H,5,8,14-15,17-20H2,1H3,(H,35,43)(H,36,44)(H,37,41)(H,38,42)/t22-,26-,27+,28+/m0/s1. The van der Waals surface area contributed by atoms with Crippen LogP contribution in [0.15, 0.2) is 73.3 Å². The molecule has 2 bridgehead atoms. The second-order valence-electron chi connectivity index (χ2n) is 11.5. The van der Waals surface area contributed by atoms with Gasteiger partial charge in [-0.15, -0.1) is 0 Å². The zero-order valence-electron chi connectivity index (χ0n) is 25.7. The van der Waals surface area contributed by atoms with Crippen molar-refractivity contribution in [2.45, 2.75) is 63.3 Å². The van der Waals surface area contributed by atoms with Gasteiger partial charge in [-0.25, -0.2) is 4.98 Å². The van der Waals surface area contributed by atoms with Gasteiger partial charge in [0, 0.05) is 44.9 Å². The number of hydrogen-bond donors (Lipinski definition) is 4. The van der Waals surface area contributed by atoms with Gasteiger partial charge in [-0.2, -0.15) is 0 Å². The molecule has 4 heterocycles. The summed E-state index contributed by atoms with van der Waals surface area (Å²) in [5.74, 6) is -1.83. The van der Waals surface area contributed by atoms with Crippen LogP contribution in [0, 0.1) is 0 Å². The number of carbonyl (C=O) groups is 5. The molecule has 13 nitrogen and oxygen atoms in total. The van der Waals surface area contributed by atoms with E-state index in [0.29, 0.717) is 38.2 Å². The Morgan fingerprint density at radius 1 is 1.00 bits per heavy atom. The molecule has 242 valence electrons. The van der Waals surface area contributed by atoms with E-state index in [9.17, 15) is 24.0 Å². The van der Waals surface area contributed by atoms with Crippen molar-refractivity contribution >= 4 is 29.5 Å². The van der Waals surface area contributed by atoms with Crippen LogP contribution in [0.4, 0.5) is 0 Å². The Morgan fingerprint density at radius 2 is 1.78 bits per heavy atom. The van der Waals surface area contributed by atoms with Crippen molar-refractivity contribution in [1.29, 1.82) is 0 Å². The molecule has 0 unspecified atom stereocenters.